The number of aromatic nitrogens is 2. The van der Waals surface area contributed by atoms with Crippen LogP contribution < -0.4 is 10.6 Å². The number of hydrogen-bond acceptors (Lipinski definition) is 5. The number of nitro groups is 1. The maximum atomic E-state index is 10.9. The predicted octanol–water partition coefficient (Wildman–Crippen LogP) is 1.10. The van der Waals surface area contributed by atoms with Crippen LogP contribution in [0.3, 0.4) is 0 Å². The number of aryl methyl sites for hydroxylation is 1. The van der Waals surface area contributed by atoms with Crippen molar-refractivity contribution < 1.29 is 4.92 Å². The molecular formula is C9H17Cl2N5O2. The predicted molar refractivity (Wildman–Crippen MR) is 73.8 cm³/mol. The second-order valence-electron chi connectivity index (χ2n) is 4.08. The van der Waals surface area contributed by atoms with Crippen molar-refractivity contribution in [3.8, 4) is 0 Å². The minimum Gasteiger partial charge on any atom is -0.350 e. The molecule has 1 atom stereocenters. The van der Waals surface area contributed by atoms with E-state index in [1.165, 1.54) is 10.9 Å². The van der Waals surface area contributed by atoms with E-state index in [0.717, 1.165) is 19.4 Å². The van der Waals surface area contributed by atoms with Crippen molar-refractivity contribution in [2.24, 2.45) is 12.8 Å². The van der Waals surface area contributed by atoms with Gasteiger partial charge >= 0.3 is 5.69 Å². The summed E-state index contributed by atoms with van der Waals surface area (Å²) in [6.07, 6.45) is 3.22. The Morgan fingerprint density at radius 1 is 1.56 bits per heavy atom. The van der Waals surface area contributed by atoms with Gasteiger partial charge in [-0.15, -0.1) is 24.8 Å². The molecule has 0 radical (unpaired) electrons. The normalized spacial score (nSPS) is 18.8. The van der Waals surface area contributed by atoms with Gasteiger partial charge in [-0.05, 0) is 12.8 Å². The minimum absolute atomic E-state index is 0. The second-order valence-corrected chi connectivity index (χ2v) is 4.08. The van der Waals surface area contributed by atoms with Crippen molar-refractivity contribution in [3.63, 3.8) is 0 Å². The molecule has 0 aliphatic carbocycles. The SMILES string of the molecule is Cl.Cl.Cn1ncc([N+](=O)[O-])c1N1CCCC(N)C1. The number of piperidine rings is 1. The van der Waals surface area contributed by atoms with Crippen LogP contribution in [0.25, 0.3) is 0 Å². The molecule has 1 fully saturated rings. The highest BCUT2D eigenvalue weighted by Gasteiger charge is 2.27. The smallest absolute Gasteiger partial charge is 0.331 e. The summed E-state index contributed by atoms with van der Waals surface area (Å²) in [5.74, 6) is 0.556. The first-order valence-corrected chi connectivity index (χ1v) is 5.26. The molecule has 2 heterocycles. The second kappa shape index (κ2) is 6.77. The van der Waals surface area contributed by atoms with E-state index in [4.69, 9.17) is 5.73 Å². The van der Waals surface area contributed by atoms with Gasteiger partial charge in [0.2, 0.25) is 5.82 Å². The van der Waals surface area contributed by atoms with Gasteiger partial charge in [-0.2, -0.15) is 5.10 Å². The average Bonchev–Trinajstić information content (AvgIpc) is 2.60. The lowest BCUT2D eigenvalue weighted by atomic mass is 10.1. The fraction of sp³-hybridized carbons (Fsp3) is 0.667. The van der Waals surface area contributed by atoms with Crippen LogP contribution in [0.15, 0.2) is 6.20 Å². The van der Waals surface area contributed by atoms with E-state index in [0.29, 0.717) is 12.4 Å². The van der Waals surface area contributed by atoms with E-state index >= 15 is 0 Å². The van der Waals surface area contributed by atoms with Gasteiger partial charge in [-0.25, -0.2) is 4.68 Å². The molecule has 2 N–H and O–H groups in total. The van der Waals surface area contributed by atoms with E-state index in [1.807, 2.05) is 4.90 Å². The summed E-state index contributed by atoms with van der Waals surface area (Å²) in [6, 6.07) is 0.0863. The third-order valence-corrected chi connectivity index (χ3v) is 2.84. The lowest BCUT2D eigenvalue weighted by molar-refractivity contribution is -0.384. The van der Waals surface area contributed by atoms with Crippen LogP contribution in [0.5, 0.6) is 0 Å². The van der Waals surface area contributed by atoms with E-state index in [-0.39, 0.29) is 36.5 Å². The standard InChI is InChI=1S/C9H15N5O2.2ClH/c1-12-9(8(5-11-12)14(15)16)13-4-2-3-7(10)6-13;;/h5,7H,2-4,6,10H2,1H3;2*1H. The van der Waals surface area contributed by atoms with Crippen molar-refractivity contribution in [2.75, 3.05) is 18.0 Å². The van der Waals surface area contributed by atoms with Crippen LogP contribution in [0.1, 0.15) is 12.8 Å². The Labute approximate surface area is 117 Å². The van der Waals surface area contributed by atoms with Gasteiger partial charge in [0.15, 0.2) is 0 Å². The van der Waals surface area contributed by atoms with Gasteiger partial charge in [0, 0.05) is 26.2 Å². The quantitative estimate of drug-likeness (QED) is 0.652. The molecule has 1 aromatic rings. The van der Waals surface area contributed by atoms with Crippen molar-refractivity contribution in [1.82, 2.24) is 9.78 Å². The molecular weight excluding hydrogens is 281 g/mol. The van der Waals surface area contributed by atoms with Gasteiger partial charge in [0.05, 0.1) is 4.92 Å². The summed E-state index contributed by atoms with van der Waals surface area (Å²) in [5.41, 5.74) is 5.92. The highest BCUT2D eigenvalue weighted by atomic mass is 35.5. The fourth-order valence-electron chi connectivity index (χ4n) is 2.12. The minimum atomic E-state index is -0.400. The van der Waals surface area contributed by atoms with Gasteiger partial charge in [0.1, 0.15) is 6.20 Å². The summed E-state index contributed by atoms with van der Waals surface area (Å²) in [7, 11) is 1.71. The van der Waals surface area contributed by atoms with Crippen molar-refractivity contribution in [2.45, 2.75) is 18.9 Å². The number of rotatable bonds is 2. The Kier molecular flexibility index (Phi) is 6.37. The molecule has 1 aromatic heterocycles. The van der Waals surface area contributed by atoms with E-state index < -0.39 is 4.92 Å². The molecule has 1 unspecified atom stereocenters. The largest absolute Gasteiger partial charge is 0.350 e. The van der Waals surface area contributed by atoms with Crippen LogP contribution in [-0.2, 0) is 7.05 Å². The van der Waals surface area contributed by atoms with Crippen LogP contribution in [0.2, 0.25) is 0 Å². The van der Waals surface area contributed by atoms with Crippen LogP contribution in [0.4, 0.5) is 11.5 Å². The first-order valence-electron chi connectivity index (χ1n) is 5.26. The molecule has 0 amide bonds. The maximum absolute atomic E-state index is 10.9. The average molecular weight is 298 g/mol. The molecule has 0 spiro atoms. The highest BCUT2D eigenvalue weighted by molar-refractivity contribution is 5.85. The summed E-state index contributed by atoms with van der Waals surface area (Å²) in [4.78, 5) is 12.4. The van der Waals surface area contributed by atoms with E-state index in [2.05, 4.69) is 5.10 Å². The Morgan fingerprint density at radius 2 is 2.22 bits per heavy atom. The number of hydrogen-bond donors (Lipinski definition) is 1. The monoisotopic (exact) mass is 297 g/mol. The number of halogens is 2. The molecule has 0 aromatic carbocycles. The Balaban J connectivity index is 0.00000144. The molecule has 104 valence electrons. The molecule has 18 heavy (non-hydrogen) atoms. The zero-order chi connectivity index (χ0) is 11.7. The highest BCUT2D eigenvalue weighted by Crippen LogP contribution is 2.28. The lowest BCUT2D eigenvalue weighted by Gasteiger charge is -2.31. The van der Waals surface area contributed by atoms with Gasteiger partial charge in [-0.1, -0.05) is 0 Å². The number of anilines is 1. The summed E-state index contributed by atoms with van der Waals surface area (Å²) in [5, 5.41) is 14.8. The zero-order valence-corrected chi connectivity index (χ0v) is 11.6. The van der Waals surface area contributed by atoms with Gasteiger partial charge in [-0.3, -0.25) is 10.1 Å². The van der Waals surface area contributed by atoms with Crippen molar-refractivity contribution in [1.29, 1.82) is 0 Å². The molecule has 9 heteroatoms. The molecule has 1 aliphatic rings. The molecule has 1 saturated heterocycles. The third-order valence-electron chi connectivity index (χ3n) is 2.84. The zero-order valence-electron chi connectivity index (χ0n) is 9.98. The lowest BCUT2D eigenvalue weighted by Crippen LogP contribution is -2.43. The topological polar surface area (TPSA) is 90.2 Å². The van der Waals surface area contributed by atoms with Gasteiger partial charge in [0.25, 0.3) is 0 Å². The van der Waals surface area contributed by atoms with E-state index in [9.17, 15) is 10.1 Å². The molecule has 7 nitrogen and oxygen atoms in total. The third kappa shape index (κ3) is 3.24. The van der Waals surface area contributed by atoms with Crippen molar-refractivity contribution in [3.05, 3.63) is 16.3 Å². The number of nitrogens with two attached hydrogens (primary N) is 1. The Bertz CT molecular complexity index is 412. The van der Waals surface area contributed by atoms with Gasteiger partial charge < -0.3 is 10.6 Å². The first kappa shape index (κ1) is 16.9. The fourth-order valence-corrected chi connectivity index (χ4v) is 2.12. The van der Waals surface area contributed by atoms with E-state index in [1.54, 1.807) is 7.05 Å². The molecule has 0 bridgehead atoms. The summed E-state index contributed by atoms with van der Waals surface area (Å²) in [6.45, 7) is 1.45. The Morgan fingerprint density at radius 3 is 2.78 bits per heavy atom. The van der Waals surface area contributed by atoms with Crippen LogP contribution in [0, 0.1) is 10.1 Å². The molecule has 0 saturated carbocycles. The Hall–Kier alpha value is -1.05. The van der Waals surface area contributed by atoms with Crippen LogP contribution >= 0.6 is 24.8 Å². The molecule has 1 aliphatic heterocycles. The summed E-state index contributed by atoms with van der Waals surface area (Å²) < 4.78 is 1.54. The summed E-state index contributed by atoms with van der Waals surface area (Å²) >= 11 is 0. The van der Waals surface area contributed by atoms with Crippen molar-refractivity contribution >= 4 is 36.3 Å². The molecule has 2 rings (SSSR count). The maximum Gasteiger partial charge on any atom is 0.331 e. The number of nitrogens with zero attached hydrogens (tertiary/aromatic N) is 4. The first-order chi connectivity index (χ1) is 7.59. The van der Waals surface area contributed by atoms with Crippen LogP contribution in [-0.4, -0.2) is 33.8 Å².